The molecule has 0 atom stereocenters. The number of hydrogen-bond donors (Lipinski definition) is 1. The third kappa shape index (κ3) is 4.05. The van der Waals surface area contributed by atoms with Crippen molar-refractivity contribution in [3.8, 4) is 0 Å². The Morgan fingerprint density at radius 1 is 1.15 bits per heavy atom. The van der Waals surface area contributed by atoms with E-state index in [2.05, 4.69) is 10.5 Å². The van der Waals surface area contributed by atoms with Gasteiger partial charge in [0.15, 0.2) is 0 Å². The van der Waals surface area contributed by atoms with Gasteiger partial charge in [-0.05, 0) is 31.7 Å². The van der Waals surface area contributed by atoms with Gasteiger partial charge in [-0.1, -0.05) is 19.3 Å². The summed E-state index contributed by atoms with van der Waals surface area (Å²) < 4.78 is 1.39. The van der Waals surface area contributed by atoms with Crippen LogP contribution in [0.25, 0.3) is 0 Å². The Labute approximate surface area is 118 Å². The Kier molecular flexibility index (Phi) is 5.09. The number of carbonyl (C=O) groups excluding carboxylic acids is 1. The maximum absolute atomic E-state index is 12.0. The number of nitrogens with zero attached hydrogens (tertiary/aromatic N) is 2. The SMILES string of the molecule is Cn1cc(C(=O)NN=C2CCCCCCC2)ccc1=O. The molecule has 0 bridgehead atoms. The molecule has 1 aromatic rings. The van der Waals surface area contributed by atoms with Crippen LogP contribution in [-0.4, -0.2) is 16.2 Å². The summed E-state index contributed by atoms with van der Waals surface area (Å²) in [4.78, 5) is 23.2. The highest BCUT2D eigenvalue weighted by Crippen LogP contribution is 2.14. The lowest BCUT2D eigenvalue weighted by Crippen LogP contribution is -2.23. The minimum absolute atomic E-state index is 0.132. The van der Waals surface area contributed by atoms with E-state index < -0.39 is 0 Å². The second kappa shape index (κ2) is 7.03. The third-order valence-corrected chi connectivity index (χ3v) is 3.59. The molecule has 1 saturated carbocycles. The van der Waals surface area contributed by atoms with Crippen molar-refractivity contribution in [3.05, 3.63) is 34.2 Å². The van der Waals surface area contributed by atoms with E-state index in [9.17, 15) is 9.59 Å². The van der Waals surface area contributed by atoms with E-state index in [1.807, 2.05) is 0 Å². The van der Waals surface area contributed by atoms with Crippen LogP contribution in [0.1, 0.15) is 55.3 Å². The van der Waals surface area contributed by atoms with Crippen LogP contribution in [0, 0.1) is 0 Å². The summed E-state index contributed by atoms with van der Waals surface area (Å²) in [6.07, 6.45) is 9.54. The smallest absolute Gasteiger partial charge is 0.272 e. The number of aromatic nitrogens is 1. The molecule has 1 aromatic heterocycles. The van der Waals surface area contributed by atoms with Gasteiger partial charge in [-0.3, -0.25) is 9.59 Å². The van der Waals surface area contributed by atoms with E-state index in [-0.39, 0.29) is 11.5 Å². The minimum Gasteiger partial charge on any atom is -0.318 e. The first-order chi connectivity index (χ1) is 9.66. The van der Waals surface area contributed by atoms with Crippen LogP contribution >= 0.6 is 0 Å². The second-order valence-corrected chi connectivity index (χ2v) is 5.25. The zero-order valence-corrected chi connectivity index (χ0v) is 11.9. The molecule has 0 aromatic carbocycles. The normalized spacial score (nSPS) is 16.1. The Balaban J connectivity index is 1.99. The quantitative estimate of drug-likeness (QED) is 0.841. The fourth-order valence-electron chi connectivity index (χ4n) is 2.35. The van der Waals surface area contributed by atoms with Crippen molar-refractivity contribution in [2.45, 2.75) is 44.9 Å². The molecule has 0 aliphatic heterocycles. The highest BCUT2D eigenvalue weighted by molar-refractivity contribution is 5.95. The molecule has 5 heteroatoms. The monoisotopic (exact) mass is 275 g/mol. The van der Waals surface area contributed by atoms with Gasteiger partial charge in [0.2, 0.25) is 5.56 Å². The highest BCUT2D eigenvalue weighted by atomic mass is 16.2. The van der Waals surface area contributed by atoms with E-state index in [0.29, 0.717) is 5.56 Å². The molecule has 0 saturated heterocycles. The maximum atomic E-state index is 12.0. The molecule has 1 amide bonds. The van der Waals surface area contributed by atoms with Crippen LogP contribution in [0.5, 0.6) is 0 Å². The number of rotatable bonds is 2. The molecular formula is C15H21N3O2. The number of hydrogen-bond acceptors (Lipinski definition) is 3. The first-order valence-corrected chi connectivity index (χ1v) is 7.19. The van der Waals surface area contributed by atoms with E-state index >= 15 is 0 Å². The first-order valence-electron chi connectivity index (χ1n) is 7.19. The molecule has 108 valence electrons. The van der Waals surface area contributed by atoms with Crippen molar-refractivity contribution in [2.24, 2.45) is 12.1 Å². The predicted octanol–water partition coefficient (Wildman–Crippen LogP) is 2.22. The molecule has 0 unspecified atom stereocenters. The Morgan fingerprint density at radius 3 is 2.45 bits per heavy atom. The predicted molar refractivity (Wildman–Crippen MR) is 78.9 cm³/mol. The molecule has 1 aliphatic rings. The number of nitrogens with one attached hydrogen (secondary N) is 1. The van der Waals surface area contributed by atoms with Gasteiger partial charge in [-0.25, -0.2) is 5.43 Å². The fourth-order valence-corrected chi connectivity index (χ4v) is 2.35. The van der Waals surface area contributed by atoms with Crippen LogP contribution < -0.4 is 11.0 Å². The standard InChI is InChI=1S/C15H21N3O2/c1-18-11-12(9-10-14(18)19)15(20)17-16-13-7-5-3-2-4-6-8-13/h9-11H,2-8H2,1H3,(H,17,20). The summed E-state index contributed by atoms with van der Waals surface area (Å²) in [5.74, 6) is -0.268. The lowest BCUT2D eigenvalue weighted by atomic mass is 9.99. The van der Waals surface area contributed by atoms with E-state index in [0.717, 1.165) is 31.4 Å². The zero-order chi connectivity index (χ0) is 14.4. The summed E-state index contributed by atoms with van der Waals surface area (Å²) in [6.45, 7) is 0. The van der Waals surface area contributed by atoms with Crippen LogP contribution in [0.15, 0.2) is 28.2 Å². The zero-order valence-electron chi connectivity index (χ0n) is 11.9. The van der Waals surface area contributed by atoms with Gasteiger partial charge in [0.1, 0.15) is 0 Å². The van der Waals surface area contributed by atoms with Gasteiger partial charge in [0.05, 0.1) is 5.56 Å². The van der Waals surface area contributed by atoms with Crippen LogP contribution in [-0.2, 0) is 7.05 Å². The van der Waals surface area contributed by atoms with Crippen molar-refractivity contribution in [2.75, 3.05) is 0 Å². The van der Waals surface area contributed by atoms with Gasteiger partial charge in [-0.15, -0.1) is 0 Å². The van der Waals surface area contributed by atoms with Gasteiger partial charge >= 0.3 is 0 Å². The highest BCUT2D eigenvalue weighted by Gasteiger charge is 2.08. The largest absolute Gasteiger partial charge is 0.318 e. The molecule has 20 heavy (non-hydrogen) atoms. The Hall–Kier alpha value is -1.91. The lowest BCUT2D eigenvalue weighted by molar-refractivity contribution is 0.0954. The minimum atomic E-state index is -0.268. The fraction of sp³-hybridized carbons (Fsp3) is 0.533. The Morgan fingerprint density at radius 2 is 1.80 bits per heavy atom. The number of amides is 1. The van der Waals surface area contributed by atoms with Crippen molar-refractivity contribution in [3.63, 3.8) is 0 Å². The van der Waals surface area contributed by atoms with Crippen LogP contribution in [0.3, 0.4) is 0 Å². The van der Waals surface area contributed by atoms with Crippen molar-refractivity contribution in [1.82, 2.24) is 9.99 Å². The van der Waals surface area contributed by atoms with Crippen molar-refractivity contribution in [1.29, 1.82) is 0 Å². The average molecular weight is 275 g/mol. The summed E-state index contributed by atoms with van der Waals surface area (Å²) in [5, 5.41) is 4.24. The molecule has 0 radical (unpaired) electrons. The molecule has 1 aliphatic carbocycles. The summed E-state index contributed by atoms with van der Waals surface area (Å²) in [7, 11) is 1.62. The van der Waals surface area contributed by atoms with E-state index in [1.165, 1.54) is 42.2 Å². The van der Waals surface area contributed by atoms with Crippen LogP contribution in [0.2, 0.25) is 0 Å². The van der Waals surface area contributed by atoms with Crippen molar-refractivity contribution >= 4 is 11.6 Å². The van der Waals surface area contributed by atoms with Gasteiger partial charge in [-0.2, -0.15) is 5.10 Å². The molecule has 1 N–H and O–H groups in total. The molecule has 0 spiro atoms. The summed E-state index contributed by atoms with van der Waals surface area (Å²) in [6, 6.07) is 2.91. The molecule has 1 fully saturated rings. The summed E-state index contributed by atoms with van der Waals surface area (Å²) >= 11 is 0. The van der Waals surface area contributed by atoms with Crippen LogP contribution in [0.4, 0.5) is 0 Å². The molecule has 5 nitrogen and oxygen atoms in total. The molecule has 1 heterocycles. The van der Waals surface area contributed by atoms with E-state index in [1.54, 1.807) is 7.05 Å². The topological polar surface area (TPSA) is 63.5 Å². The lowest BCUT2D eigenvalue weighted by Gasteiger charge is -2.11. The third-order valence-electron chi connectivity index (χ3n) is 3.59. The number of carbonyl (C=O) groups is 1. The maximum Gasteiger partial charge on any atom is 0.272 e. The number of hydrazone groups is 1. The van der Waals surface area contributed by atoms with Gasteiger partial charge in [0.25, 0.3) is 5.91 Å². The Bertz CT molecular complexity index is 550. The number of pyridine rings is 1. The average Bonchev–Trinajstić information content (AvgIpc) is 2.40. The second-order valence-electron chi connectivity index (χ2n) is 5.25. The van der Waals surface area contributed by atoms with Gasteiger partial charge < -0.3 is 4.57 Å². The van der Waals surface area contributed by atoms with Crippen molar-refractivity contribution < 1.29 is 4.79 Å². The van der Waals surface area contributed by atoms with Gasteiger partial charge in [0, 0.05) is 25.0 Å². The first kappa shape index (κ1) is 14.5. The van der Waals surface area contributed by atoms with E-state index in [4.69, 9.17) is 0 Å². The molecule has 2 rings (SSSR count). The number of aryl methyl sites for hydroxylation is 1. The summed E-state index contributed by atoms with van der Waals surface area (Å²) in [5.41, 5.74) is 3.98. The molecular weight excluding hydrogens is 254 g/mol.